The van der Waals surface area contributed by atoms with Crippen molar-refractivity contribution in [2.45, 2.75) is 18.2 Å². The van der Waals surface area contributed by atoms with E-state index in [-0.39, 0.29) is 21.3 Å². The topological polar surface area (TPSA) is 102 Å². The van der Waals surface area contributed by atoms with Crippen molar-refractivity contribution in [2.75, 3.05) is 0 Å². The van der Waals surface area contributed by atoms with Gasteiger partial charge in [0.15, 0.2) is 0 Å². The molecule has 0 amide bonds. The van der Waals surface area contributed by atoms with E-state index in [1.165, 1.54) is 18.2 Å². The minimum absolute atomic E-state index is 0.150. The first kappa shape index (κ1) is 20.9. The molecular formula is C17H9Cl2F3N2O5. The van der Waals surface area contributed by atoms with Crippen molar-refractivity contribution >= 4 is 40.6 Å². The molecule has 0 radical (unpaired) electrons. The number of oxime groups is 1. The lowest BCUT2D eigenvalue weighted by atomic mass is 9.85. The number of nitrogens with zero attached hydrogens (tertiary/aromatic N) is 2. The quantitative estimate of drug-likeness (QED) is 0.512. The number of hydrogen-bond acceptors (Lipinski definition) is 5. The Kier molecular flexibility index (Phi) is 5.18. The van der Waals surface area contributed by atoms with Crippen molar-refractivity contribution in [3.8, 4) is 0 Å². The maximum atomic E-state index is 14.1. The average Bonchev–Trinajstić information content (AvgIpc) is 3.07. The fourth-order valence-electron chi connectivity index (χ4n) is 2.91. The summed E-state index contributed by atoms with van der Waals surface area (Å²) in [6.45, 7) is 0. The third kappa shape index (κ3) is 3.73. The minimum Gasteiger partial charge on any atom is -0.478 e. The molecule has 1 unspecified atom stereocenters. The number of carboxylic acid groups (broad SMARTS) is 1. The molecule has 3 rings (SSSR count). The molecule has 1 atom stereocenters. The van der Waals surface area contributed by atoms with Crippen LogP contribution < -0.4 is 0 Å². The van der Waals surface area contributed by atoms with Gasteiger partial charge in [0.25, 0.3) is 11.3 Å². The number of nitro groups is 1. The highest BCUT2D eigenvalue weighted by atomic mass is 35.5. The number of hydrogen-bond donors (Lipinski definition) is 1. The van der Waals surface area contributed by atoms with Crippen LogP contribution in [0.3, 0.4) is 0 Å². The van der Waals surface area contributed by atoms with Crippen molar-refractivity contribution in [2.24, 2.45) is 5.16 Å². The molecule has 0 saturated heterocycles. The molecular weight excluding hydrogens is 440 g/mol. The maximum absolute atomic E-state index is 14.1. The van der Waals surface area contributed by atoms with E-state index in [2.05, 4.69) is 5.16 Å². The Labute approximate surface area is 170 Å². The van der Waals surface area contributed by atoms with Crippen LogP contribution in [0.1, 0.15) is 27.9 Å². The van der Waals surface area contributed by atoms with Gasteiger partial charge in [0.2, 0.25) is 0 Å². The molecule has 1 N–H and O–H groups in total. The Hall–Kier alpha value is -2.85. The molecule has 29 heavy (non-hydrogen) atoms. The van der Waals surface area contributed by atoms with Crippen LogP contribution >= 0.6 is 23.2 Å². The van der Waals surface area contributed by atoms with Crippen LogP contribution in [0.5, 0.6) is 0 Å². The van der Waals surface area contributed by atoms with Crippen LogP contribution in [0, 0.1) is 10.1 Å². The summed E-state index contributed by atoms with van der Waals surface area (Å²) in [5.41, 5.74) is -5.67. The molecule has 0 aliphatic carbocycles. The standard InChI is InChI=1S/C17H9Cl2F3N2O5/c18-10-3-9(4-11(19)6-10)13-7-16(29-23-13,17(20,21)22)12-2-1-8(15(25)26)5-14(12)24(27)28/h1-6H,7H2,(H,25,26). The molecule has 1 aliphatic heterocycles. The molecule has 0 bridgehead atoms. The first-order chi connectivity index (χ1) is 13.4. The van der Waals surface area contributed by atoms with E-state index in [4.69, 9.17) is 33.1 Å². The second-order valence-corrected chi connectivity index (χ2v) is 6.96. The zero-order valence-electron chi connectivity index (χ0n) is 14.0. The van der Waals surface area contributed by atoms with E-state index in [1.807, 2.05) is 0 Å². The fourth-order valence-corrected chi connectivity index (χ4v) is 3.44. The van der Waals surface area contributed by atoms with Crippen molar-refractivity contribution in [1.29, 1.82) is 0 Å². The summed E-state index contributed by atoms with van der Waals surface area (Å²) in [6.07, 6.45) is -6.02. The zero-order chi connectivity index (χ0) is 21.6. The summed E-state index contributed by atoms with van der Waals surface area (Å²) in [6, 6.07) is 6.10. The molecule has 0 spiro atoms. The van der Waals surface area contributed by atoms with E-state index in [0.29, 0.717) is 12.1 Å². The number of nitro benzene ring substituents is 1. The van der Waals surface area contributed by atoms with Gasteiger partial charge in [-0.05, 0) is 30.3 Å². The second kappa shape index (κ2) is 7.20. The summed E-state index contributed by atoms with van der Waals surface area (Å²) in [5.74, 6) is -1.53. The average molecular weight is 449 g/mol. The summed E-state index contributed by atoms with van der Waals surface area (Å²) in [4.78, 5) is 26.1. The van der Waals surface area contributed by atoms with E-state index in [1.54, 1.807) is 0 Å². The molecule has 12 heteroatoms. The molecule has 0 fully saturated rings. The fraction of sp³-hybridized carbons (Fsp3) is 0.176. The van der Waals surface area contributed by atoms with E-state index in [0.717, 1.165) is 6.07 Å². The zero-order valence-corrected chi connectivity index (χ0v) is 15.5. The third-order valence-electron chi connectivity index (χ3n) is 4.26. The van der Waals surface area contributed by atoms with Gasteiger partial charge in [0, 0.05) is 21.7 Å². The van der Waals surface area contributed by atoms with Gasteiger partial charge >= 0.3 is 12.1 Å². The van der Waals surface area contributed by atoms with E-state index >= 15 is 0 Å². The monoisotopic (exact) mass is 448 g/mol. The highest BCUT2D eigenvalue weighted by molar-refractivity contribution is 6.35. The number of benzene rings is 2. The van der Waals surface area contributed by atoms with Gasteiger partial charge in [-0.25, -0.2) is 4.79 Å². The number of rotatable bonds is 4. The summed E-state index contributed by atoms with van der Waals surface area (Å²) < 4.78 is 42.2. The summed E-state index contributed by atoms with van der Waals surface area (Å²) in [5, 5.41) is 24.2. The van der Waals surface area contributed by atoms with Gasteiger partial charge in [0.05, 0.1) is 28.2 Å². The number of alkyl halides is 3. The van der Waals surface area contributed by atoms with Crippen LogP contribution in [-0.4, -0.2) is 27.9 Å². The molecule has 0 saturated carbocycles. The molecule has 1 aliphatic rings. The Bertz CT molecular complexity index is 1040. The number of halogens is 5. The highest BCUT2D eigenvalue weighted by Crippen LogP contribution is 2.51. The minimum atomic E-state index is -5.11. The normalized spacial score (nSPS) is 18.9. The lowest BCUT2D eigenvalue weighted by Gasteiger charge is -2.29. The van der Waals surface area contributed by atoms with Crippen molar-refractivity contribution in [1.82, 2.24) is 0 Å². The molecule has 7 nitrogen and oxygen atoms in total. The SMILES string of the molecule is O=C(O)c1ccc(C2(C(F)(F)F)CC(c3cc(Cl)cc(Cl)c3)=NO2)c([N+](=O)[O-])c1. The van der Waals surface area contributed by atoms with Crippen molar-refractivity contribution in [3.05, 3.63) is 73.2 Å². The molecule has 2 aromatic rings. The van der Waals surface area contributed by atoms with Crippen LogP contribution in [0.15, 0.2) is 41.6 Å². The summed E-state index contributed by atoms with van der Waals surface area (Å²) >= 11 is 11.7. The van der Waals surface area contributed by atoms with Gasteiger partial charge in [-0.1, -0.05) is 28.4 Å². The van der Waals surface area contributed by atoms with Crippen LogP contribution in [-0.2, 0) is 10.4 Å². The van der Waals surface area contributed by atoms with Crippen LogP contribution in [0.4, 0.5) is 18.9 Å². The molecule has 0 aromatic heterocycles. The van der Waals surface area contributed by atoms with Crippen LogP contribution in [0.25, 0.3) is 0 Å². The van der Waals surface area contributed by atoms with Gasteiger partial charge < -0.3 is 9.94 Å². The predicted molar refractivity (Wildman–Crippen MR) is 96.5 cm³/mol. The van der Waals surface area contributed by atoms with Crippen molar-refractivity contribution in [3.63, 3.8) is 0 Å². The van der Waals surface area contributed by atoms with Crippen molar-refractivity contribution < 1.29 is 32.8 Å². The molecule has 2 aromatic carbocycles. The van der Waals surface area contributed by atoms with Gasteiger partial charge in [-0.15, -0.1) is 0 Å². The van der Waals surface area contributed by atoms with E-state index in [9.17, 15) is 28.1 Å². The Morgan fingerprint density at radius 1 is 1.21 bits per heavy atom. The molecule has 152 valence electrons. The van der Waals surface area contributed by atoms with Gasteiger partial charge in [-0.2, -0.15) is 13.2 Å². The number of aromatic carboxylic acids is 1. The van der Waals surface area contributed by atoms with Gasteiger partial charge in [0.1, 0.15) is 0 Å². The third-order valence-corrected chi connectivity index (χ3v) is 4.69. The van der Waals surface area contributed by atoms with Crippen LogP contribution in [0.2, 0.25) is 10.0 Å². The van der Waals surface area contributed by atoms with Gasteiger partial charge in [-0.3, -0.25) is 10.1 Å². The lowest BCUT2D eigenvalue weighted by Crippen LogP contribution is -2.43. The van der Waals surface area contributed by atoms with E-state index < -0.39 is 45.9 Å². The highest BCUT2D eigenvalue weighted by Gasteiger charge is 2.64. The Morgan fingerprint density at radius 2 is 1.83 bits per heavy atom. The Balaban J connectivity index is 2.14. The maximum Gasteiger partial charge on any atom is 0.436 e. The summed E-state index contributed by atoms with van der Waals surface area (Å²) in [7, 11) is 0. The first-order valence-corrected chi connectivity index (χ1v) is 8.50. The first-order valence-electron chi connectivity index (χ1n) is 7.75. The second-order valence-electron chi connectivity index (χ2n) is 6.08. The Morgan fingerprint density at radius 3 is 2.34 bits per heavy atom. The lowest BCUT2D eigenvalue weighted by molar-refractivity contribution is -0.389. The number of carbonyl (C=O) groups is 1. The largest absolute Gasteiger partial charge is 0.478 e. The smallest absolute Gasteiger partial charge is 0.436 e. The number of carboxylic acids is 1. The molecule has 1 heterocycles. The predicted octanol–water partition coefficient (Wildman–Crippen LogP) is 5.18.